The number of methoxy groups -OCH3 is 2. The van der Waals surface area contributed by atoms with E-state index in [1.165, 1.54) is 17.8 Å². The fourth-order valence-electron chi connectivity index (χ4n) is 3.84. The van der Waals surface area contributed by atoms with Crippen molar-refractivity contribution in [1.29, 1.82) is 0 Å². The van der Waals surface area contributed by atoms with E-state index >= 15 is 0 Å². The minimum atomic E-state index is -0.273. The summed E-state index contributed by atoms with van der Waals surface area (Å²) in [5.41, 5.74) is 2.18. The first-order valence-corrected chi connectivity index (χ1v) is 12.9. The highest BCUT2D eigenvalue weighted by atomic mass is 32.2. The molecule has 0 aliphatic heterocycles. The number of allylic oxidation sites excluding steroid dienone is 1. The van der Waals surface area contributed by atoms with Gasteiger partial charge in [-0.1, -0.05) is 48.2 Å². The van der Waals surface area contributed by atoms with Gasteiger partial charge in [-0.05, 0) is 55.0 Å². The van der Waals surface area contributed by atoms with E-state index in [2.05, 4.69) is 10.3 Å². The van der Waals surface area contributed by atoms with Gasteiger partial charge < -0.3 is 14.8 Å². The molecule has 0 aliphatic carbocycles. The summed E-state index contributed by atoms with van der Waals surface area (Å²) in [6.07, 6.45) is 3.16. The van der Waals surface area contributed by atoms with E-state index in [1.807, 2.05) is 19.1 Å². The molecule has 4 aromatic rings. The van der Waals surface area contributed by atoms with Crippen molar-refractivity contribution in [1.82, 2.24) is 9.55 Å². The monoisotopic (exact) mass is 529 g/mol. The highest BCUT2D eigenvalue weighted by Gasteiger charge is 2.13. The first-order valence-electron chi connectivity index (χ1n) is 11.9. The summed E-state index contributed by atoms with van der Waals surface area (Å²) >= 11 is 1.19. The predicted octanol–water partition coefficient (Wildman–Crippen LogP) is 5.06. The van der Waals surface area contributed by atoms with Crippen molar-refractivity contribution in [2.24, 2.45) is 0 Å². The number of carbonyl (C=O) groups is 2. The van der Waals surface area contributed by atoms with Crippen LogP contribution in [0.25, 0.3) is 17.0 Å². The molecule has 0 spiro atoms. The van der Waals surface area contributed by atoms with E-state index in [-0.39, 0.29) is 23.0 Å². The maximum Gasteiger partial charge on any atom is 0.262 e. The summed E-state index contributed by atoms with van der Waals surface area (Å²) < 4.78 is 12.1. The molecule has 0 atom stereocenters. The van der Waals surface area contributed by atoms with Crippen LogP contribution < -0.4 is 20.3 Å². The minimum absolute atomic E-state index is 0.0577. The van der Waals surface area contributed by atoms with Gasteiger partial charge in [-0.25, -0.2) is 4.98 Å². The number of benzene rings is 3. The summed E-state index contributed by atoms with van der Waals surface area (Å²) in [6, 6.07) is 19.3. The molecule has 3 aromatic carbocycles. The average molecular weight is 530 g/mol. The number of nitrogens with zero attached hydrogens (tertiary/aromatic N) is 2. The molecular formula is C29H27N3O5S. The van der Waals surface area contributed by atoms with Crippen molar-refractivity contribution in [3.8, 4) is 11.5 Å². The van der Waals surface area contributed by atoms with Crippen LogP contribution in [0.15, 0.2) is 82.8 Å². The first-order chi connectivity index (χ1) is 18.4. The van der Waals surface area contributed by atoms with Gasteiger partial charge in [0.2, 0.25) is 5.91 Å². The van der Waals surface area contributed by atoms with Crippen LogP contribution in [-0.2, 0) is 11.3 Å². The second kappa shape index (κ2) is 12.2. The second-order valence-electron chi connectivity index (χ2n) is 8.19. The fourth-order valence-corrected chi connectivity index (χ4v) is 4.70. The molecular weight excluding hydrogens is 502 g/mol. The Morgan fingerprint density at radius 1 is 1.00 bits per heavy atom. The van der Waals surface area contributed by atoms with Gasteiger partial charge >= 0.3 is 0 Å². The SMILES string of the molecule is CCn1c(SCC(=O)Nc2cccc(C(=O)/C=C/c3ccc(OC)c(OC)c3)c2)nc2ccccc2c1=O. The van der Waals surface area contributed by atoms with Crippen molar-refractivity contribution in [2.75, 3.05) is 25.3 Å². The third-order valence-corrected chi connectivity index (χ3v) is 6.72. The zero-order valence-electron chi connectivity index (χ0n) is 21.3. The summed E-state index contributed by atoms with van der Waals surface area (Å²) in [6.45, 7) is 2.31. The number of thioether (sulfide) groups is 1. The van der Waals surface area contributed by atoms with E-state index in [9.17, 15) is 14.4 Å². The Balaban J connectivity index is 1.42. The van der Waals surface area contributed by atoms with Crippen LogP contribution in [0.5, 0.6) is 11.5 Å². The van der Waals surface area contributed by atoms with Gasteiger partial charge in [-0.15, -0.1) is 0 Å². The highest BCUT2D eigenvalue weighted by molar-refractivity contribution is 7.99. The van der Waals surface area contributed by atoms with Crippen LogP contribution in [0, 0.1) is 0 Å². The van der Waals surface area contributed by atoms with E-state index in [0.717, 1.165) is 5.56 Å². The molecule has 194 valence electrons. The summed E-state index contributed by atoms with van der Waals surface area (Å²) in [7, 11) is 3.11. The Morgan fingerprint density at radius 2 is 1.79 bits per heavy atom. The Hall–Kier alpha value is -4.37. The van der Waals surface area contributed by atoms with Crippen molar-refractivity contribution in [2.45, 2.75) is 18.6 Å². The smallest absolute Gasteiger partial charge is 0.262 e. The number of fused-ring (bicyclic) bond motifs is 1. The molecule has 0 saturated carbocycles. The van der Waals surface area contributed by atoms with Gasteiger partial charge in [0, 0.05) is 17.8 Å². The largest absolute Gasteiger partial charge is 0.493 e. The van der Waals surface area contributed by atoms with Crippen molar-refractivity contribution < 1.29 is 19.1 Å². The van der Waals surface area contributed by atoms with E-state index in [1.54, 1.807) is 79.5 Å². The molecule has 1 heterocycles. The lowest BCUT2D eigenvalue weighted by atomic mass is 10.1. The molecule has 0 aliphatic rings. The number of ether oxygens (including phenoxy) is 2. The van der Waals surface area contributed by atoms with Crippen LogP contribution in [0.4, 0.5) is 5.69 Å². The standard InChI is InChI=1S/C29H27N3O5S/c1-4-32-28(35)22-10-5-6-11-23(22)31-29(32)38-18-27(34)30-21-9-7-8-20(17-21)24(33)14-12-19-13-15-25(36-2)26(16-19)37-3/h5-17H,4,18H2,1-3H3,(H,30,34)/b14-12+. The van der Waals surface area contributed by atoms with Gasteiger partial charge in [0.25, 0.3) is 5.56 Å². The number of nitrogens with one attached hydrogen (secondary N) is 1. The molecule has 1 aromatic heterocycles. The van der Waals surface area contributed by atoms with Crippen LogP contribution in [-0.4, -0.2) is 41.2 Å². The Kier molecular flexibility index (Phi) is 8.60. The average Bonchev–Trinajstić information content (AvgIpc) is 2.94. The topological polar surface area (TPSA) is 99.5 Å². The van der Waals surface area contributed by atoms with Gasteiger partial charge in [0.15, 0.2) is 22.4 Å². The normalized spacial score (nSPS) is 11.0. The number of para-hydroxylation sites is 1. The van der Waals surface area contributed by atoms with Gasteiger partial charge in [0.1, 0.15) is 0 Å². The second-order valence-corrected chi connectivity index (χ2v) is 9.13. The number of anilines is 1. The maximum absolute atomic E-state index is 12.8. The third kappa shape index (κ3) is 6.12. The molecule has 0 fully saturated rings. The van der Waals surface area contributed by atoms with E-state index in [4.69, 9.17) is 9.47 Å². The molecule has 1 N–H and O–H groups in total. The molecule has 1 amide bonds. The Labute approximate surface area is 224 Å². The molecule has 9 heteroatoms. The molecule has 38 heavy (non-hydrogen) atoms. The van der Waals surface area contributed by atoms with Gasteiger partial charge in [0.05, 0.1) is 30.9 Å². The molecule has 4 rings (SSSR count). The first kappa shape index (κ1) is 26.7. The highest BCUT2D eigenvalue weighted by Crippen LogP contribution is 2.28. The number of hydrogen-bond acceptors (Lipinski definition) is 7. The van der Waals surface area contributed by atoms with Crippen molar-refractivity contribution in [3.63, 3.8) is 0 Å². The molecule has 8 nitrogen and oxygen atoms in total. The fraction of sp³-hybridized carbons (Fsp3) is 0.172. The predicted molar refractivity (Wildman–Crippen MR) is 150 cm³/mol. The Bertz CT molecular complexity index is 1580. The van der Waals surface area contributed by atoms with E-state index < -0.39 is 0 Å². The summed E-state index contributed by atoms with van der Waals surface area (Å²) in [4.78, 5) is 42.8. The number of aromatic nitrogens is 2. The molecule has 0 saturated heterocycles. The zero-order valence-corrected chi connectivity index (χ0v) is 22.1. The summed E-state index contributed by atoms with van der Waals surface area (Å²) in [5.74, 6) is 0.747. The van der Waals surface area contributed by atoms with Crippen molar-refractivity contribution >= 4 is 46.1 Å². The number of amides is 1. The van der Waals surface area contributed by atoms with Crippen LogP contribution in [0.3, 0.4) is 0 Å². The molecule has 0 bridgehead atoms. The Morgan fingerprint density at radius 3 is 2.55 bits per heavy atom. The van der Waals surface area contributed by atoms with Crippen molar-refractivity contribution in [3.05, 3.63) is 94.3 Å². The molecule has 0 radical (unpaired) electrons. The lowest BCUT2D eigenvalue weighted by Gasteiger charge is -2.11. The quantitative estimate of drug-likeness (QED) is 0.133. The number of carbonyl (C=O) groups excluding carboxylic acids is 2. The van der Waals surface area contributed by atoms with E-state index in [0.29, 0.717) is 45.4 Å². The van der Waals surface area contributed by atoms with Crippen LogP contribution >= 0.6 is 11.8 Å². The number of ketones is 1. The van der Waals surface area contributed by atoms with Crippen LogP contribution in [0.1, 0.15) is 22.8 Å². The van der Waals surface area contributed by atoms with Crippen LogP contribution in [0.2, 0.25) is 0 Å². The number of rotatable bonds is 10. The third-order valence-electron chi connectivity index (χ3n) is 5.74. The summed E-state index contributed by atoms with van der Waals surface area (Å²) in [5, 5.41) is 3.84. The molecule has 0 unspecified atom stereocenters. The number of hydrogen-bond donors (Lipinski definition) is 1. The van der Waals surface area contributed by atoms with Gasteiger partial charge in [-0.3, -0.25) is 19.0 Å². The van der Waals surface area contributed by atoms with Gasteiger partial charge in [-0.2, -0.15) is 0 Å². The minimum Gasteiger partial charge on any atom is -0.493 e. The zero-order chi connectivity index (χ0) is 27.1. The lowest BCUT2D eigenvalue weighted by Crippen LogP contribution is -2.23. The lowest BCUT2D eigenvalue weighted by molar-refractivity contribution is -0.113. The maximum atomic E-state index is 12.8.